The summed E-state index contributed by atoms with van der Waals surface area (Å²) in [5.74, 6) is 0. The van der Waals surface area contributed by atoms with Crippen molar-refractivity contribution >= 4 is 28.7 Å². The summed E-state index contributed by atoms with van der Waals surface area (Å²) < 4.78 is 0. The normalized spacial score (nSPS) is 15.2. The number of thiocarbonyl (C=S) groups is 1. The Morgan fingerprint density at radius 1 is 1.71 bits per heavy atom. The van der Waals surface area contributed by atoms with E-state index in [1.165, 1.54) is 17.7 Å². The van der Waals surface area contributed by atoms with Crippen LogP contribution in [0.15, 0.2) is 5.51 Å². The molecule has 5 heteroatoms. The van der Waals surface area contributed by atoms with Crippen molar-refractivity contribution in [2.24, 2.45) is 0 Å². The predicted molar refractivity (Wildman–Crippen MR) is 62.4 cm³/mol. The van der Waals surface area contributed by atoms with Gasteiger partial charge in [0.1, 0.15) is 0 Å². The van der Waals surface area contributed by atoms with Crippen molar-refractivity contribution in [2.75, 3.05) is 0 Å². The van der Waals surface area contributed by atoms with Crippen LogP contribution in [0.1, 0.15) is 23.4 Å². The van der Waals surface area contributed by atoms with E-state index in [2.05, 4.69) is 15.6 Å². The van der Waals surface area contributed by atoms with E-state index in [1.54, 1.807) is 11.3 Å². The molecule has 1 heterocycles. The molecule has 0 aromatic carbocycles. The maximum absolute atomic E-state index is 5.15. The number of thiazole rings is 1. The molecule has 1 aromatic heterocycles. The molecular formula is C9H13N3S2. The molecule has 0 amide bonds. The van der Waals surface area contributed by atoms with Crippen LogP contribution in [0.25, 0.3) is 0 Å². The van der Waals surface area contributed by atoms with E-state index >= 15 is 0 Å². The number of nitrogens with one attached hydrogen (secondary N) is 2. The van der Waals surface area contributed by atoms with E-state index in [4.69, 9.17) is 12.2 Å². The number of aromatic nitrogens is 1. The fourth-order valence-corrected chi connectivity index (χ4v) is 2.08. The molecule has 1 aromatic rings. The first-order valence-electron chi connectivity index (χ1n) is 4.69. The molecule has 0 aliphatic heterocycles. The van der Waals surface area contributed by atoms with Crippen LogP contribution in [-0.4, -0.2) is 16.1 Å². The van der Waals surface area contributed by atoms with Gasteiger partial charge in [0.05, 0.1) is 17.7 Å². The van der Waals surface area contributed by atoms with Crippen molar-refractivity contribution in [3.05, 3.63) is 16.1 Å². The Balaban J connectivity index is 1.76. The zero-order valence-electron chi connectivity index (χ0n) is 8.04. The molecule has 0 radical (unpaired) electrons. The van der Waals surface area contributed by atoms with Gasteiger partial charge >= 0.3 is 0 Å². The summed E-state index contributed by atoms with van der Waals surface area (Å²) in [4.78, 5) is 5.44. The Labute approximate surface area is 92.9 Å². The summed E-state index contributed by atoms with van der Waals surface area (Å²) in [6.07, 6.45) is 2.50. The molecule has 3 nitrogen and oxygen atoms in total. The van der Waals surface area contributed by atoms with Crippen LogP contribution in [0, 0.1) is 6.92 Å². The first-order chi connectivity index (χ1) is 6.75. The summed E-state index contributed by atoms with van der Waals surface area (Å²) in [5, 5.41) is 7.19. The van der Waals surface area contributed by atoms with Crippen LogP contribution >= 0.6 is 23.6 Å². The Morgan fingerprint density at radius 3 is 3.07 bits per heavy atom. The van der Waals surface area contributed by atoms with Crippen molar-refractivity contribution in [2.45, 2.75) is 32.4 Å². The third-order valence-corrected chi connectivity index (χ3v) is 3.36. The van der Waals surface area contributed by atoms with Crippen molar-refractivity contribution < 1.29 is 0 Å². The van der Waals surface area contributed by atoms with E-state index < -0.39 is 0 Å². The Bertz CT molecular complexity index is 331. The monoisotopic (exact) mass is 227 g/mol. The first-order valence-corrected chi connectivity index (χ1v) is 5.98. The van der Waals surface area contributed by atoms with Crippen molar-refractivity contribution in [3.63, 3.8) is 0 Å². The lowest BCUT2D eigenvalue weighted by atomic mass is 10.4. The molecule has 76 valence electrons. The van der Waals surface area contributed by atoms with Gasteiger partial charge in [-0.2, -0.15) is 0 Å². The second-order valence-electron chi connectivity index (χ2n) is 3.46. The van der Waals surface area contributed by atoms with Crippen molar-refractivity contribution in [1.29, 1.82) is 0 Å². The number of rotatable bonds is 3. The van der Waals surface area contributed by atoms with E-state index in [-0.39, 0.29) is 0 Å². The third-order valence-electron chi connectivity index (χ3n) is 2.17. The number of hydrogen-bond donors (Lipinski definition) is 2. The molecule has 0 unspecified atom stereocenters. The smallest absolute Gasteiger partial charge is 0.166 e. The highest BCUT2D eigenvalue weighted by Crippen LogP contribution is 2.18. The van der Waals surface area contributed by atoms with Crippen LogP contribution < -0.4 is 10.6 Å². The van der Waals surface area contributed by atoms with Gasteiger partial charge in [-0.3, -0.25) is 0 Å². The van der Waals surface area contributed by atoms with Gasteiger partial charge in [-0.05, 0) is 32.0 Å². The molecule has 1 aliphatic carbocycles. The van der Waals surface area contributed by atoms with Gasteiger partial charge in [-0.1, -0.05) is 0 Å². The van der Waals surface area contributed by atoms with Crippen LogP contribution in [-0.2, 0) is 6.54 Å². The second kappa shape index (κ2) is 4.23. The van der Waals surface area contributed by atoms with Gasteiger partial charge in [0.15, 0.2) is 5.11 Å². The summed E-state index contributed by atoms with van der Waals surface area (Å²) in [5.41, 5.74) is 2.96. The fraction of sp³-hybridized carbons (Fsp3) is 0.556. The van der Waals surface area contributed by atoms with Gasteiger partial charge in [0, 0.05) is 10.9 Å². The van der Waals surface area contributed by atoms with Crippen LogP contribution in [0.2, 0.25) is 0 Å². The summed E-state index contributed by atoms with van der Waals surface area (Å²) in [6.45, 7) is 2.81. The molecular weight excluding hydrogens is 214 g/mol. The minimum absolute atomic E-state index is 0.623. The molecule has 0 bridgehead atoms. The number of nitrogens with zero attached hydrogens (tertiary/aromatic N) is 1. The Hall–Kier alpha value is -0.680. The topological polar surface area (TPSA) is 37.0 Å². The molecule has 0 spiro atoms. The van der Waals surface area contributed by atoms with E-state index in [9.17, 15) is 0 Å². The van der Waals surface area contributed by atoms with Crippen molar-refractivity contribution in [3.8, 4) is 0 Å². The van der Waals surface area contributed by atoms with Crippen LogP contribution in [0.3, 0.4) is 0 Å². The average Bonchev–Trinajstić information content (AvgIpc) is 2.86. The lowest BCUT2D eigenvalue weighted by Gasteiger charge is -2.08. The third kappa shape index (κ3) is 2.65. The quantitative estimate of drug-likeness (QED) is 0.769. The molecule has 1 fully saturated rings. The van der Waals surface area contributed by atoms with E-state index in [0.29, 0.717) is 6.04 Å². The van der Waals surface area contributed by atoms with Gasteiger partial charge < -0.3 is 10.6 Å². The van der Waals surface area contributed by atoms with E-state index in [1.807, 2.05) is 12.4 Å². The summed E-state index contributed by atoms with van der Waals surface area (Å²) in [7, 11) is 0. The van der Waals surface area contributed by atoms with Gasteiger partial charge in [-0.15, -0.1) is 11.3 Å². The van der Waals surface area contributed by atoms with Crippen molar-refractivity contribution in [1.82, 2.24) is 15.6 Å². The molecule has 2 N–H and O–H groups in total. The Morgan fingerprint density at radius 2 is 2.50 bits per heavy atom. The van der Waals surface area contributed by atoms with Crippen LogP contribution in [0.5, 0.6) is 0 Å². The molecule has 1 aliphatic rings. The molecule has 14 heavy (non-hydrogen) atoms. The number of hydrogen-bond acceptors (Lipinski definition) is 3. The zero-order chi connectivity index (χ0) is 9.97. The second-order valence-corrected chi connectivity index (χ2v) is 4.81. The maximum atomic E-state index is 5.15. The predicted octanol–water partition coefficient (Wildman–Crippen LogP) is 1.58. The number of aryl methyl sites for hydroxylation is 1. The highest BCUT2D eigenvalue weighted by molar-refractivity contribution is 7.80. The average molecular weight is 227 g/mol. The highest BCUT2D eigenvalue weighted by Gasteiger charge is 2.21. The van der Waals surface area contributed by atoms with Gasteiger partial charge in [-0.25, -0.2) is 4.98 Å². The van der Waals surface area contributed by atoms with E-state index in [0.717, 1.165) is 17.4 Å². The first kappa shape index (κ1) is 9.86. The zero-order valence-corrected chi connectivity index (χ0v) is 9.67. The van der Waals surface area contributed by atoms with Gasteiger partial charge in [0.2, 0.25) is 0 Å². The van der Waals surface area contributed by atoms with Crippen LogP contribution in [0.4, 0.5) is 0 Å². The minimum atomic E-state index is 0.623. The summed E-state index contributed by atoms with van der Waals surface area (Å²) in [6, 6.07) is 0.623. The fourth-order valence-electron chi connectivity index (χ4n) is 1.12. The lowest BCUT2D eigenvalue weighted by Crippen LogP contribution is -2.35. The standard InChI is InChI=1S/C9H13N3S2/c1-6-8(14-5-11-6)4-10-9(13)12-7-2-3-7/h5,7H,2-4H2,1H3,(H2,10,12,13). The Kier molecular flexibility index (Phi) is 2.98. The maximum Gasteiger partial charge on any atom is 0.166 e. The molecule has 2 rings (SSSR count). The molecule has 0 saturated heterocycles. The molecule has 0 atom stereocenters. The van der Waals surface area contributed by atoms with Gasteiger partial charge in [0.25, 0.3) is 0 Å². The molecule has 1 saturated carbocycles. The largest absolute Gasteiger partial charge is 0.360 e. The highest BCUT2D eigenvalue weighted by atomic mass is 32.1. The SMILES string of the molecule is Cc1ncsc1CNC(=S)NC1CC1. The minimum Gasteiger partial charge on any atom is -0.360 e. The lowest BCUT2D eigenvalue weighted by molar-refractivity contribution is 0.831. The summed E-state index contributed by atoms with van der Waals surface area (Å²) >= 11 is 6.81.